The lowest BCUT2D eigenvalue weighted by atomic mass is 10.3. The minimum absolute atomic E-state index is 0.0805. The third kappa shape index (κ3) is 5.56. The first-order chi connectivity index (χ1) is 15.3. The van der Waals surface area contributed by atoms with Crippen LogP contribution in [-0.2, 0) is 11.3 Å². The maximum absolute atomic E-state index is 13.8. The molecule has 1 heterocycles. The van der Waals surface area contributed by atoms with Crippen molar-refractivity contribution in [1.82, 2.24) is 14.8 Å². The van der Waals surface area contributed by atoms with Crippen molar-refractivity contribution in [3.05, 3.63) is 59.9 Å². The molecule has 3 aromatic rings. The maximum Gasteiger partial charge on any atom is 0.237 e. The van der Waals surface area contributed by atoms with Crippen LogP contribution in [0, 0.1) is 11.6 Å². The molecule has 2 aromatic carbocycles. The molecule has 1 aromatic heterocycles. The number of nitrogens with one attached hydrogen (secondary N) is 1. The second-order valence-corrected chi connectivity index (χ2v) is 8.20. The van der Waals surface area contributed by atoms with Gasteiger partial charge in [0.2, 0.25) is 5.91 Å². The first-order valence-corrected chi connectivity index (χ1v) is 10.9. The molecule has 10 heteroatoms. The highest BCUT2D eigenvalue weighted by molar-refractivity contribution is 8.00. The van der Waals surface area contributed by atoms with E-state index in [4.69, 9.17) is 9.47 Å². The number of carbonyl (C=O) groups is 1. The summed E-state index contributed by atoms with van der Waals surface area (Å²) in [5, 5.41) is 10.9. The first kappa shape index (κ1) is 23.5. The van der Waals surface area contributed by atoms with Gasteiger partial charge in [-0.1, -0.05) is 11.8 Å². The largest absolute Gasteiger partial charge is 0.497 e. The predicted molar refractivity (Wildman–Crippen MR) is 118 cm³/mol. The number of amides is 1. The van der Waals surface area contributed by atoms with Crippen molar-refractivity contribution in [2.24, 2.45) is 0 Å². The van der Waals surface area contributed by atoms with Gasteiger partial charge < -0.3 is 19.4 Å². The predicted octanol–water partition coefficient (Wildman–Crippen LogP) is 4.84. The number of carbonyl (C=O) groups excluding carboxylic acids is 1. The number of methoxy groups -OCH3 is 1. The number of aromatic nitrogens is 3. The van der Waals surface area contributed by atoms with E-state index in [1.54, 1.807) is 38.3 Å². The summed E-state index contributed by atoms with van der Waals surface area (Å²) in [7, 11) is 1.60. The van der Waals surface area contributed by atoms with Crippen LogP contribution in [0.4, 0.5) is 14.5 Å². The van der Waals surface area contributed by atoms with Crippen LogP contribution in [0.3, 0.4) is 0 Å². The summed E-state index contributed by atoms with van der Waals surface area (Å²) < 4.78 is 39.9. The summed E-state index contributed by atoms with van der Waals surface area (Å²) in [6.45, 7) is 6.05. The Hall–Kier alpha value is -3.14. The first-order valence-electron chi connectivity index (χ1n) is 9.98. The molecule has 0 bridgehead atoms. The number of rotatable bonds is 9. The van der Waals surface area contributed by atoms with E-state index in [-0.39, 0.29) is 11.8 Å². The van der Waals surface area contributed by atoms with E-state index in [1.807, 2.05) is 18.4 Å². The van der Waals surface area contributed by atoms with Crippen LogP contribution in [0.1, 0.15) is 32.7 Å². The van der Waals surface area contributed by atoms with Gasteiger partial charge in [0.15, 0.2) is 17.1 Å². The molecule has 1 N–H and O–H groups in total. The van der Waals surface area contributed by atoms with Crippen molar-refractivity contribution in [2.45, 2.75) is 43.8 Å². The number of nitrogens with zero attached hydrogens (tertiary/aromatic N) is 3. The molecule has 0 aliphatic rings. The number of hydrogen-bond donors (Lipinski definition) is 1. The van der Waals surface area contributed by atoms with Gasteiger partial charge in [0, 0.05) is 12.6 Å². The minimum Gasteiger partial charge on any atom is -0.497 e. The summed E-state index contributed by atoms with van der Waals surface area (Å²) in [6.07, 6.45) is -0.386. The quantitative estimate of drug-likeness (QED) is 0.459. The Morgan fingerprint density at radius 1 is 1.12 bits per heavy atom. The number of thioether (sulfide) groups is 1. The average molecular weight is 463 g/mol. The van der Waals surface area contributed by atoms with Crippen molar-refractivity contribution in [2.75, 3.05) is 12.4 Å². The van der Waals surface area contributed by atoms with Crippen molar-refractivity contribution >= 4 is 23.4 Å². The zero-order valence-corrected chi connectivity index (χ0v) is 19.0. The molecule has 0 aliphatic heterocycles. The molecule has 0 fully saturated rings. The summed E-state index contributed by atoms with van der Waals surface area (Å²) >= 11 is 1.19. The molecule has 2 unspecified atom stereocenters. The van der Waals surface area contributed by atoms with E-state index in [0.717, 1.165) is 17.9 Å². The van der Waals surface area contributed by atoms with E-state index < -0.39 is 22.8 Å². The van der Waals surface area contributed by atoms with E-state index in [1.165, 1.54) is 17.8 Å². The van der Waals surface area contributed by atoms with Gasteiger partial charge in [0.05, 0.1) is 18.0 Å². The molecule has 7 nitrogen and oxygen atoms in total. The number of benzene rings is 2. The highest BCUT2D eigenvalue weighted by atomic mass is 32.2. The van der Waals surface area contributed by atoms with Crippen LogP contribution in [0.15, 0.2) is 47.6 Å². The lowest BCUT2D eigenvalue weighted by Crippen LogP contribution is -2.23. The van der Waals surface area contributed by atoms with Gasteiger partial charge in [0.25, 0.3) is 0 Å². The molecule has 32 heavy (non-hydrogen) atoms. The Morgan fingerprint density at radius 2 is 1.81 bits per heavy atom. The Bertz CT molecular complexity index is 1080. The SMILES string of the molecule is CCn1c(SC(C)C(=O)Nc2ccc(F)cc2F)nnc1C(C)Oc1ccc(OC)cc1. The zero-order valence-electron chi connectivity index (χ0n) is 18.1. The lowest BCUT2D eigenvalue weighted by Gasteiger charge is -2.17. The Kier molecular flexibility index (Phi) is 7.68. The van der Waals surface area contributed by atoms with E-state index in [9.17, 15) is 13.6 Å². The molecular weight excluding hydrogens is 438 g/mol. The number of hydrogen-bond acceptors (Lipinski definition) is 6. The Labute approximate surface area is 189 Å². The molecule has 1 amide bonds. The lowest BCUT2D eigenvalue weighted by molar-refractivity contribution is -0.115. The standard InChI is InChI=1S/C22H24F2N4O3S/c1-5-28-20(13(2)31-17-9-7-16(30-4)8-10-17)26-27-22(28)32-14(3)21(29)25-19-11-6-15(23)12-18(19)24/h6-14H,5H2,1-4H3,(H,25,29). The average Bonchev–Trinajstić information content (AvgIpc) is 3.18. The minimum atomic E-state index is -0.834. The number of anilines is 1. The van der Waals surface area contributed by atoms with Crippen LogP contribution < -0.4 is 14.8 Å². The number of ether oxygens (including phenoxy) is 2. The van der Waals surface area contributed by atoms with E-state index in [0.29, 0.717) is 23.3 Å². The van der Waals surface area contributed by atoms with Crippen LogP contribution in [0.25, 0.3) is 0 Å². The molecule has 0 spiro atoms. The Morgan fingerprint density at radius 3 is 2.44 bits per heavy atom. The summed E-state index contributed by atoms with van der Waals surface area (Å²) in [5.41, 5.74) is -0.0805. The normalized spacial score (nSPS) is 12.8. The monoisotopic (exact) mass is 462 g/mol. The third-order valence-corrected chi connectivity index (χ3v) is 5.72. The van der Waals surface area contributed by atoms with E-state index >= 15 is 0 Å². The van der Waals surface area contributed by atoms with Gasteiger partial charge in [0.1, 0.15) is 23.1 Å². The molecule has 2 atom stereocenters. The van der Waals surface area contributed by atoms with Crippen molar-refractivity contribution in [3.63, 3.8) is 0 Å². The van der Waals surface area contributed by atoms with Crippen LogP contribution in [0.5, 0.6) is 11.5 Å². The van der Waals surface area contributed by atoms with Crippen molar-refractivity contribution in [1.29, 1.82) is 0 Å². The molecule has 3 rings (SSSR count). The summed E-state index contributed by atoms with van der Waals surface area (Å²) in [6, 6.07) is 10.2. The maximum atomic E-state index is 13.8. The topological polar surface area (TPSA) is 78.3 Å². The van der Waals surface area contributed by atoms with Crippen LogP contribution >= 0.6 is 11.8 Å². The second kappa shape index (κ2) is 10.4. The second-order valence-electron chi connectivity index (χ2n) is 6.89. The van der Waals surface area contributed by atoms with Gasteiger partial charge in [-0.25, -0.2) is 8.78 Å². The molecule has 0 radical (unpaired) electrons. The van der Waals surface area contributed by atoms with Gasteiger partial charge >= 0.3 is 0 Å². The van der Waals surface area contributed by atoms with Crippen LogP contribution in [-0.4, -0.2) is 33.0 Å². The smallest absolute Gasteiger partial charge is 0.237 e. The molecular formula is C22H24F2N4O3S. The third-order valence-electron chi connectivity index (χ3n) is 4.64. The Balaban J connectivity index is 1.68. The fourth-order valence-corrected chi connectivity index (χ4v) is 3.85. The van der Waals surface area contributed by atoms with Gasteiger partial charge in [-0.05, 0) is 57.2 Å². The number of halogens is 2. The van der Waals surface area contributed by atoms with Crippen molar-refractivity contribution in [3.8, 4) is 11.5 Å². The van der Waals surface area contributed by atoms with Gasteiger partial charge in [-0.15, -0.1) is 10.2 Å². The van der Waals surface area contributed by atoms with Crippen LogP contribution in [0.2, 0.25) is 0 Å². The molecule has 170 valence electrons. The fourth-order valence-electron chi connectivity index (χ4n) is 2.93. The highest BCUT2D eigenvalue weighted by Gasteiger charge is 2.23. The van der Waals surface area contributed by atoms with E-state index in [2.05, 4.69) is 15.5 Å². The van der Waals surface area contributed by atoms with Gasteiger partial charge in [-0.3, -0.25) is 4.79 Å². The molecule has 0 aliphatic carbocycles. The fraction of sp³-hybridized carbons (Fsp3) is 0.318. The molecule has 0 saturated heterocycles. The summed E-state index contributed by atoms with van der Waals surface area (Å²) in [5.74, 6) is 0.0233. The summed E-state index contributed by atoms with van der Waals surface area (Å²) in [4.78, 5) is 12.5. The molecule has 0 saturated carbocycles. The highest BCUT2D eigenvalue weighted by Crippen LogP contribution is 2.28. The van der Waals surface area contributed by atoms with Crippen molar-refractivity contribution < 1.29 is 23.0 Å². The van der Waals surface area contributed by atoms with Gasteiger partial charge in [-0.2, -0.15) is 0 Å². The zero-order chi connectivity index (χ0) is 23.3.